The average Bonchev–Trinajstić information content (AvgIpc) is 2.45. The fraction of sp³-hybridized carbons (Fsp3) is 0.385. The molecule has 21 heavy (non-hydrogen) atoms. The summed E-state index contributed by atoms with van der Waals surface area (Å²) in [6, 6.07) is 4.19. The van der Waals surface area contributed by atoms with Crippen LogP contribution in [-0.4, -0.2) is 40.3 Å². The molecular weight excluding hydrogens is 303 g/mol. The van der Waals surface area contributed by atoms with Crippen LogP contribution >= 0.6 is 0 Å². The standard InChI is InChI=1S/C13H15FO6S/c1-19-12(15)7-9(13(16)20-2)8-21(17,18)11-5-3-10(14)4-6-11/h3-6,9H,7-8H2,1-2H3. The van der Waals surface area contributed by atoms with Gasteiger partial charge >= 0.3 is 11.9 Å². The number of hydrogen-bond acceptors (Lipinski definition) is 6. The maximum Gasteiger partial charge on any atom is 0.310 e. The average molecular weight is 318 g/mol. The molecule has 0 aliphatic heterocycles. The summed E-state index contributed by atoms with van der Waals surface area (Å²) >= 11 is 0. The Balaban J connectivity index is 2.98. The largest absolute Gasteiger partial charge is 0.469 e. The van der Waals surface area contributed by atoms with Crippen LogP contribution in [0.4, 0.5) is 4.39 Å². The lowest BCUT2D eigenvalue weighted by Gasteiger charge is -2.13. The number of ether oxygens (including phenoxy) is 2. The van der Waals surface area contributed by atoms with E-state index in [2.05, 4.69) is 9.47 Å². The van der Waals surface area contributed by atoms with E-state index in [1.807, 2.05) is 0 Å². The van der Waals surface area contributed by atoms with Crippen LogP contribution in [0.15, 0.2) is 29.2 Å². The fourth-order valence-corrected chi connectivity index (χ4v) is 3.19. The number of rotatable bonds is 6. The maximum atomic E-state index is 12.8. The number of esters is 2. The van der Waals surface area contributed by atoms with Crippen LogP contribution in [0.5, 0.6) is 0 Å². The Kier molecular flexibility index (Phi) is 5.83. The first kappa shape index (κ1) is 17.1. The van der Waals surface area contributed by atoms with Crippen molar-refractivity contribution in [2.75, 3.05) is 20.0 Å². The lowest BCUT2D eigenvalue weighted by molar-refractivity contribution is -0.151. The van der Waals surface area contributed by atoms with Gasteiger partial charge in [-0.1, -0.05) is 0 Å². The summed E-state index contributed by atoms with van der Waals surface area (Å²) in [5.74, 6) is -3.93. The van der Waals surface area contributed by atoms with Crippen molar-refractivity contribution in [2.24, 2.45) is 5.92 Å². The topological polar surface area (TPSA) is 86.7 Å². The van der Waals surface area contributed by atoms with E-state index in [9.17, 15) is 22.4 Å². The first-order valence-electron chi connectivity index (χ1n) is 5.93. The number of methoxy groups -OCH3 is 2. The number of benzene rings is 1. The summed E-state index contributed by atoms with van der Waals surface area (Å²) in [5.41, 5.74) is 0. The molecular formula is C13H15FO6S. The van der Waals surface area contributed by atoms with Crippen LogP contribution in [0.25, 0.3) is 0 Å². The van der Waals surface area contributed by atoms with Gasteiger partial charge in [0.1, 0.15) is 5.82 Å². The highest BCUT2D eigenvalue weighted by Crippen LogP contribution is 2.18. The Morgan fingerprint density at radius 3 is 2.19 bits per heavy atom. The summed E-state index contributed by atoms with van der Waals surface area (Å²) in [6.07, 6.45) is -0.413. The second kappa shape index (κ2) is 7.16. The van der Waals surface area contributed by atoms with Gasteiger partial charge < -0.3 is 9.47 Å². The van der Waals surface area contributed by atoms with E-state index in [1.165, 1.54) is 0 Å². The van der Waals surface area contributed by atoms with Gasteiger partial charge in [0.15, 0.2) is 9.84 Å². The summed E-state index contributed by atoms with van der Waals surface area (Å²) in [4.78, 5) is 22.7. The van der Waals surface area contributed by atoms with Crippen molar-refractivity contribution in [2.45, 2.75) is 11.3 Å². The Morgan fingerprint density at radius 1 is 1.14 bits per heavy atom. The van der Waals surface area contributed by atoms with Gasteiger partial charge in [0.25, 0.3) is 0 Å². The SMILES string of the molecule is COC(=O)CC(CS(=O)(=O)c1ccc(F)cc1)C(=O)OC. The first-order chi connectivity index (χ1) is 9.80. The first-order valence-corrected chi connectivity index (χ1v) is 7.58. The Morgan fingerprint density at radius 2 is 1.71 bits per heavy atom. The van der Waals surface area contributed by atoms with Crippen LogP contribution in [0, 0.1) is 11.7 Å². The molecule has 1 aromatic carbocycles. The molecule has 6 nitrogen and oxygen atoms in total. The van der Waals surface area contributed by atoms with Crippen molar-refractivity contribution in [1.29, 1.82) is 0 Å². The van der Waals surface area contributed by atoms with E-state index < -0.39 is 45.7 Å². The molecule has 0 bridgehead atoms. The van der Waals surface area contributed by atoms with Crippen molar-refractivity contribution in [3.63, 3.8) is 0 Å². The summed E-state index contributed by atoms with van der Waals surface area (Å²) in [7, 11) is -1.64. The van der Waals surface area contributed by atoms with Crippen LogP contribution in [0.2, 0.25) is 0 Å². The smallest absolute Gasteiger partial charge is 0.310 e. The van der Waals surface area contributed by atoms with Crippen LogP contribution < -0.4 is 0 Å². The molecule has 0 N–H and O–H groups in total. The predicted octanol–water partition coefficient (Wildman–Crippen LogP) is 0.952. The third-order valence-corrected chi connectivity index (χ3v) is 4.60. The van der Waals surface area contributed by atoms with Crippen LogP contribution in [0.3, 0.4) is 0 Å². The molecule has 1 aromatic rings. The molecule has 0 heterocycles. The van der Waals surface area contributed by atoms with Gasteiger partial charge in [0.2, 0.25) is 0 Å². The molecule has 0 spiro atoms. The van der Waals surface area contributed by atoms with E-state index in [0.717, 1.165) is 38.5 Å². The van der Waals surface area contributed by atoms with Crippen molar-refractivity contribution in [3.05, 3.63) is 30.1 Å². The summed E-state index contributed by atoms with van der Waals surface area (Å²) < 4.78 is 46.0. The molecule has 8 heteroatoms. The van der Waals surface area contributed by atoms with Gasteiger partial charge in [0.05, 0.1) is 37.2 Å². The number of carbonyl (C=O) groups is 2. The van der Waals surface area contributed by atoms with Crippen molar-refractivity contribution < 1.29 is 31.9 Å². The minimum Gasteiger partial charge on any atom is -0.469 e. The van der Waals surface area contributed by atoms with E-state index in [1.54, 1.807) is 0 Å². The van der Waals surface area contributed by atoms with Crippen molar-refractivity contribution in [3.8, 4) is 0 Å². The zero-order valence-electron chi connectivity index (χ0n) is 11.5. The Bertz CT molecular complexity index is 608. The van der Waals surface area contributed by atoms with Gasteiger partial charge in [-0.3, -0.25) is 9.59 Å². The number of sulfone groups is 1. The number of hydrogen-bond donors (Lipinski definition) is 0. The molecule has 0 aliphatic carbocycles. The van der Waals surface area contributed by atoms with Gasteiger partial charge in [0, 0.05) is 0 Å². The Hall–Kier alpha value is -1.96. The van der Waals surface area contributed by atoms with Gasteiger partial charge in [-0.15, -0.1) is 0 Å². The third kappa shape index (κ3) is 4.82. The highest BCUT2D eigenvalue weighted by Gasteiger charge is 2.30. The molecule has 116 valence electrons. The second-order valence-corrected chi connectivity index (χ2v) is 6.27. The normalized spacial score (nSPS) is 12.5. The molecule has 0 radical (unpaired) electrons. The molecule has 0 aromatic heterocycles. The quantitative estimate of drug-likeness (QED) is 0.573. The fourth-order valence-electron chi connectivity index (χ4n) is 1.66. The summed E-state index contributed by atoms with van der Waals surface area (Å²) in [6.45, 7) is 0. The van der Waals surface area contributed by atoms with E-state index in [4.69, 9.17) is 0 Å². The molecule has 0 fully saturated rings. The van der Waals surface area contributed by atoms with Crippen LogP contribution in [-0.2, 0) is 28.9 Å². The third-order valence-electron chi connectivity index (χ3n) is 2.77. The predicted molar refractivity (Wildman–Crippen MR) is 70.6 cm³/mol. The van der Waals surface area contributed by atoms with Crippen LogP contribution in [0.1, 0.15) is 6.42 Å². The van der Waals surface area contributed by atoms with Crippen molar-refractivity contribution >= 4 is 21.8 Å². The number of carbonyl (C=O) groups excluding carboxylic acids is 2. The second-order valence-electron chi connectivity index (χ2n) is 4.24. The summed E-state index contributed by atoms with van der Waals surface area (Å²) in [5, 5.41) is 0. The minimum absolute atomic E-state index is 0.136. The molecule has 1 unspecified atom stereocenters. The van der Waals surface area contributed by atoms with E-state index >= 15 is 0 Å². The van der Waals surface area contributed by atoms with E-state index in [-0.39, 0.29) is 4.90 Å². The monoisotopic (exact) mass is 318 g/mol. The van der Waals surface area contributed by atoms with E-state index in [0.29, 0.717) is 0 Å². The van der Waals surface area contributed by atoms with Gasteiger partial charge in [-0.05, 0) is 24.3 Å². The van der Waals surface area contributed by atoms with Gasteiger partial charge in [-0.2, -0.15) is 0 Å². The number of halogens is 1. The molecule has 0 amide bonds. The van der Waals surface area contributed by atoms with Gasteiger partial charge in [-0.25, -0.2) is 12.8 Å². The highest BCUT2D eigenvalue weighted by atomic mass is 32.2. The molecule has 0 saturated heterocycles. The molecule has 0 saturated carbocycles. The van der Waals surface area contributed by atoms with Crippen molar-refractivity contribution in [1.82, 2.24) is 0 Å². The molecule has 1 rings (SSSR count). The molecule has 0 aliphatic rings. The molecule has 1 atom stereocenters. The minimum atomic E-state index is -3.86. The lowest BCUT2D eigenvalue weighted by atomic mass is 10.1. The zero-order valence-corrected chi connectivity index (χ0v) is 12.4. The maximum absolute atomic E-state index is 12.8. The lowest BCUT2D eigenvalue weighted by Crippen LogP contribution is -2.28. The Labute approximate surface area is 121 Å². The zero-order chi connectivity index (χ0) is 16.0. The highest BCUT2D eigenvalue weighted by molar-refractivity contribution is 7.91.